The number of allylic oxidation sites excluding steroid dienone is 5. The van der Waals surface area contributed by atoms with E-state index in [-0.39, 0.29) is 5.41 Å². The smallest absolute Gasteiger partial charge is 0.123 e. The zero-order valence-corrected chi connectivity index (χ0v) is 18.4. The summed E-state index contributed by atoms with van der Waals surface area (Å²) in [6.07, 6.45) is 9.21. The lowest BCUT2D eigenvalue weighted by molar-refractivity contribution is 0.255. The maximum Gasteiger partial charge on any atom is 0.123 e. The van der Waals surface area contributed by atoms with E-state index in [4.69, 9.17) is 0 Å². The van der Waals surface area contributed by atoms with E-state index in [9.17, 15) is 4.79 Å². The second kappa shape index (κ2) is 8.02. The van der Waals surface area contributed by atoms with Gasteiger partial charge in [-0.05, 0) is 41.8 Å². The molecule has 1 unspecified atom stereocenters. The van der Waals surface area contributed by atoms with Crippen LogP contribution in [0.2, 0.25) is 16.6 Å². The van der Waals surface area contributed by atoms with Crippen molar-refractivity contribution in [2.45, 2.75) is 91.8 Å². The standard InChI is InChI=1S/C22H38OSi/c1-16(2)24(17(3)4,18(5)6)20(15-23)12-13-21-19(7)11-10-14-22(21,8)9/h11-13,16-18,21H,10,14H2,1-9H3/b13-12+. The first kappa shape index (κ1) is 21.2. The average Bonchev–Trinajstić information content (AvgIpc) is 2.43. The highest BCUT2D eigenvalue weighted by molar-refractivity contribution is 6.91. The van der Waals surface area contributed by atoms with E-state index >= 15 is 0 Å². The summed E-state index contributed by atoms with van der Waals surface area (Å²) in [4.78, 5) is 12.0. The summed E-state index contributed by atoms with van der Waals surface area (Å²) in [5.74, 6) is 2.81. The highest BCUT2D eigenvalue weighted by Gasteiger charge is 2.46. The molecule has 24 heavy (non-hydrogen) atoms. The molecule has 1 atom stereocenters. The van der Waals surface area contributed by atoms with Crippen LogP contribution in [0.3, 0.4) is 0 Å². The predicted octanol–water partition coefficient (Wildman–Crippen LogP) is 6.90. The lowest BCUT2D eigenvalue weighted by Crippen LogP contribution is -2.46. The second-order valence-corrected chi connectivity index (χ2v) is 15.1. The molecular formula is C22H38OSi. The van der Waals surface area contributed by atoms with Gasteiger partial charge in [-0.15, -0.1) is 0 Å². The molecule has 2 heteroatoms. The monoisotopic (exact) mass is 346 g/mol. The Balaban J connectivity index is 3.33. The molecule has 136 valence electrons. The molecule has 0 saturated carbocycles. The van der Waals surface area contributed by atoms with Crippen molar-refractivity contribution in [3.05, 3.63) is 29.0 Å². The molecule has 0 spiro atoms. The minimum Gasteiger partial charge on any atom is -0.234 e. The van der Waals surface area contributed by atoms with Gasteiger partial charge in [-0.25, -0.2) is 4.79 Å². The van der Waals surface area contributed by atoms with E-state index < -0.39 is 8.07 Å². The van der Waals surface area contributed by atoms with Crippen LogP contribution in [0.25, 0.3) is 0 Å². The van der Waals surface area contributed by atoms with Crippen LogP contribution in [0.4, 0.5) is 0 Å². The van der Waals surface area contributed by atoms with E-state index in [1.54, 1.807) is 0 Å². The molecule has 0 heterocycles. The molecule has 0 radical (unpaired) electrons. The zero-order chi connectivity index (χ0) is 18.7. The first-order valence-corrected chi connectivity index (χ1v) is 11.8. The van der Waals surface area contributed by atoms with Crippen molar-refractivity contribution in [3.63, 3.8) is 0 Å². The summed E-state index contributed by atoms with van der Waals surface area (Å²) in [7, 11) is -1.92. The zero-order valence-electron chi connectivity index (χ0n) is 17.4. The molecule has 0 aromatic rings. The molecule has 0 amide bonds. The van der Waals surface area contributed by atoms with E-state index in [0.29, 0.717) is 22.5 Å². The van der Waals surface area contributed by atoms with Gasteiger partial charge in [0.25, 0.3) is 0 Å². The van der Waals surface area contributed by atoms with E-state index in [2.05, 4.69) is 86.5 Å². The van der Waals surface area contributed by atoms with Gasteiger partial charge in [0.2, 0.25) is 0 Å². The van der Waals surface area contributed by atoms with Crippen LogP contribution in [0.1, 0.15) is 75.2 Å². The third-order valence-electron chi connectivity index (χ3n) is 6.49. The van der Waals surface area contributed by atoms with Crippen molar-refractivity contribution in [2.24, 2.45) is 11.3 Å². The number of rotatable bonds is 6. The molecule has 1 nitrogen and oxygen atoms in total. The molecule has 0 fully saturated rings. The Bertz CT molecular complexity index is 521. The lowest BCUT2D eigenvalue weighted by atomic mass is 9.68. The number of hydrogen-bond acceptors (Lipinski definition) is 1. The summed E-state index contributed by atoms with van der Waals surface area (Å²) in [5, 5.41) is 0.983. The van der Waals surface area contributed by atoms with Crippen LogP contribution in [-0.4, -0.2) is 14.0 Å². The van der Waals surface area contributed by atoms with Gasteiger partial charge < -0.3 is 0 Å². The molecule has 0 aromatic carbocycles. The van der Waals surface area contributed by atoms with E-state index in [1.165, 1.54) is 18.4 Å². The van der Waals surface area contributed by atoms with E-state index in [0.717, 1.165) is 5.20 Å². The van der Waals surface area contributed by atoms with Crippen LogP contribution in [0, 0.1) is 11.3 Å². The molecule has 0 saturated heterocycles. The minimum absolute atomic E-state index is 0.265. The normalized spacial score (nSPS) is 21.5. The highest BCUT2D eigenvalue weighted by Crippen LogP contribution is 2.47. The second-order valence-electron chi connectivity index (χ2n) is 9.23. The van der Waals surface area contributed by atoms with Crippen LogP contribution in [-0.2, 0) is 4.79 Å². The van der Waals surface area contributed by atoms with Crippen molar-refractivity contribution in [1.29, 1.82) is 0 Å². The third-order valence-corrected chi connectivity index (χ3v) is 13.4. The molecule has 1 aliphatic rings. The summed E-state index contributed by atoms with van der Waals surface area (Å²) in [6, 6.07) is 0. The Morgan fingerprint density at radius 1 is 1.17 bits per heavy atom. The molecule has 0 aliphatic heterocycles. The quantitative estimate of drug-likeness (QED) is 0.221. The van der Waals surface area contributed by atoms with Crippen LogP contribution < -0.4 is 0 Å². The molecule has 1 rings (SSSR count). The molecular weight excluding hydrogens is 308 g/mol. The van der Waals surface area contributed by atoms with Gasteiger partial charge in [-0.3, -0.25) is 0 Å². The van der Waals surface area contributed by atoms with Crippen LogP contribution in [0.15, 0.2) is 29.0 Å². The summed E-state index contributed by atoms with van der Waals surface area (Å²) < 4.78 is 0. The Morgan fingerprint density at radius 2 is 1.67 bits per heavy atom. The van der Waals surface area contributed by atoms with Crippen molar-refractivity contribution in [1.82, 2.24) is 0 Å². The van der Waals surface area contributed by atoms with Gasteiger partial charge in [0.15, 0.2) is 0 Å². The largest absolute Gasteiger partial charge is 0.234 e. The fourth-order valence-electron chi connectivity index (χ4n) is 5.38. The van der Waals surface area contributed by atoms with Gasteiger partial charge in [-0.1, -0.05) is 79.2 Å². The minimum atomic E-state index is -1.92. The van der Waals surface area contributed by atoms with Crippen molar-refractivity contribution < 1.29 is 4.79 Å². The Labute approximate surface area is 151 Å². The fourth-order valence-corrected chi connectivity index (χ4v) is 11.8. The van der Waals surface area contributed by atoms with Gasteiger partial charge in [0.05, 0.1) is 0 Å². The van der Waals surface area contributed by atoms with Gasteiger partial charge in [0.1, 0.15) is 14.0 Å². The number of hydrogen-bond donors (Lipinski definition) is 0. The predicted molar refractivity (Wildman–Crippen MR) is 110 cm³/mol. The van der Waals surface area contributed by atoms with Gasteiger partial charge in [0, 0.05) is 11.1 Å². The Kier molecular flexibility index (Phi) is 7.08. The highest BCUT2D eigenvalue weighted by atomic mass is 28.3. The lowest BCUT2D eigenvalue weighted by Gasteiger charge is -2.43. The average molecular weight is 347 g/mol. The summed E-state index contributed by atoms with van der Waals surface area (Å²) >= 11 is 0. The molecule has 0 bridgehead atoms. The van der Waals surface area contributed by atoms with Gasteiger partial charge in [-0.2, -0.15) is 0 Å². The van der Waals surface area contributed by atoms with Crippen molar-refractivity contribution in [2.75, 3.05) is 0 Å². The third kappa shape index (κ3) is 3.86. The first-order chi connectivity index (χ1) is 11.0. The molecule has 1 aliphatic carbocycles. The van der Waals surface area contributed by atoms with Gasteiger partial charge >= 0.3 is 0 Å². The van der Waals surface area contributed by atoms with Crippen LogP contribution >= 0.6 is 0 Å². The SMILES string of the molecule is CC1=CCCC(C)(C)C1/C=C/C(=C=O)[Si](C(C)C)(C(C)C)C(C)C. The fraction of sp³-hybridized carbons (Fsp3) is 0.727. The first-order valence-electron chi connectivity index (χ1n) is 9.62. The van der Waals surface area contributed by atoms with E-state index in [1.807, 2.05) is 0 Å². The maximum absolute atomic E-state index is 12.0. The number of carbonyl (C=O) groups excluding carboxylic acids is 1. The van der Waals surface area contributed by atoms with Crippen LogP contribution in [0.5, 0.6) is 0 Å². The summed E-state index contributed by atoms with van der Waals surface area (Å²) in [5.41, 5.74) is 3.32. The Hall–Kier alpha value is -0.853. The maximum atomic E-state index is 12.0. The Morgan fingerprint density at radius 3 is 2.04 bits per heavy atom. The van der Waals surface area contributed by atoms with Crippen molar-refractivity contribution >= 4 is 14.0 Å². The molecule has 0 aromatic heterocycles. The van der Waals surface area contributed by atoms with Crippen molar-refractivity contribution in [3.8, 4) is 0 Å². The molecule has 0 N–H and O–H groups in total. The summed E-state index contributed by atoms with van der Waals surface area (Å²) in [6.45, 7) is 20.7. The topological polar surface area (TPSA) is 17.1 Å².